The molecule has 3 N–H and O–H groups in total. The highest BCUT2D eigenvalue weighted by molar-refractivity contribution is 7.15. The second kappa shape index (κ2) is 6.93. The first-order chi connectivity index (χ1) is 14.7. The molecule has 2 aromatic heterocycles. The van der Waals surface area contributed by atoms with Crippen LogP contribution >= 0.6 is 11.3 Å². The summed E-state index contributed by atoms with van der Waals surface area (Å²) in [6, 6.07) is 5.99. The minimum atomic E-state index is -1.20. The van der Waals surface area contributed by atoms with Gasteiger partial charge in [0, 0.05) is 33.6 Å². The molecule has 1 atom stereocenters. The summed E-state index contributed by atoms with van der Waals surface area (Å²) in [6.07, 6.45) is 5.45. The molecule has 0 radical (unpaired) electrons. The SMILES string of the molecule is COc1c(-c2cc3c(s2)C(N)C(C)(C)CC3)ccc2c(=O)c(C(=O)O)cn(C3CC3)c12. The van der Waals surface area contributed by atoms with Crippen molar-refractivity contribution in [3.63, 3.8) is 0 Å². The normalized spacial score (nSPS) is 19.9. The van der Waals surface area contributed by atoms with E-state index in [-0.39, 0.29) is 23.1 Å². The van der Waals surface area contributed by atoms with E-state index in [2.05, 4.69) is 19.9 Å². The van der Waals surface area contributed by atoms with Crippen LogP contribution in [0.1, 0.15) is 66.0 Å². The van der Waals surface area contributed by atoms with E-state index in [0.29, 0.717) is 16.7 Å². The van der Waals surface area contributed by atoms with E-state index in [1.807, 2.05) is 10.6 Å². The molecule has 1 fully saturated rings. The van der Waals surface area contributed by atoms with Crippen LogP contribution in [-0.2, 0) is 6.42 Å². The molecular weight excluding hydrogens is 412 g/mol. The molecule has 2 heterocycles. The van der Waals surface area contributed by atoms with Crippen molar-refractivity contribution in [3.05, 3.63) is 50.6 Å². The predicted molar refractivity (Wildman–Crippen MR) is 122 cm³/mol. The fraction of sp³-hybridized carbons (Fsp3) is 0.417. The number of nitrogens with two attached hydrogens (primary N) is 1. The number of fused-ring (bicyclic) bond motifs is 2. The van der Waals surface area contributed by atoms with Crippen molar-refractivity contribution in [2.24, 2.45) is 11.1 Å². The Labute approximate surface area is 184 Å². The minimum absolute atomic E-state index is 0.00998. The first kappa shape index (κ1) is 20.3. The van der Waals surface area contributed by atoms with Gasteiger partial charge in [-0.1, -0.05) is 13.8 Å². The molecule has 1 aromatic carbocycles. The van der Waals surface area contributed by atoms with Crippen LogP contribution in [0.4, 0.5) is 0 Å². The summed E-state index contributed by atoms with van der Waals surface area (Å²) in [5, 5.41) is 9.90. The number of carboxylic acids is 1. The molecule has 0 amide bonds. The third-order valence-electron chi connectivity index (χ3n) is 6.79. The standard InChI is InChI=1S/C24H26N2O4S/c1-24(2)9-8-12-10-17(31-21(12)22(24)25)14-6-7-15-18(20(14)30-3)26(13-4-5-13)11-16(19(15)27)23(28)29/h6-7,10-11,13,22H,4-5,8-9,25H2,1-3H3,(H,28,29). The monoisotopic (exact) mass is 438 g/mol. The summed E-state index contributed by atoms with van der Waals surface area (Å²) in [5.41, 5.74) is 8.85. The molecular formula is C24H26N2O4S. The van der Waals surface area contributed by atoms with Crippen molar-refractivity contribution in [1.29, 1.82) is 0 Å². The second-order valence-electron chi connectivity index (χ2n) is 9.32. The number of hydrogen-bond donors (Lipinski definition) is 2. The van der Waals surface area contributed by atoms with Crippen LogP contribution in [0.15, 0.2) is 29.2 Å². The quantitative estimate of drug-likeness (QED) is 0.613. The largest absolute Gasteiger partial charge is 0.494 e. The van der Waals surface area contributed by atoms with Crippen LogP contribution in [0.5, 0.6) is 5.75 Å². The summed E-state index contributed by atoms with van der Waals surface area (Å²) in [7, 11) is 1.60. The molecule has 1 unspecified atom stereocenters. The molecule has 7 heteroatoms. The summed E-state index contributed by atoms with van der Waals surface area (Å²) in [5.74, 6) is -0.586. The Morgan fingerprint density at radius 1 is 1.32 bits per heavy atom. The van der Waals surface area contributed by atoms with E-state index >= 15 is 0 Å². The van der Waals surface area contributed by atoms with Gasteiger partial charge in [-0.15, -0.1) is 11.3 Å². The molecule has 2 aliphatic rings. The Balaban J connectivity index is 1.75. The Morgan fingerprint density at radius 3 is 2.71 bits per heavy atom. The Bertz CT molecular complexity index is 1280. The molecule has 0 bridgehead atoms. The fourth-order valence-electron chi connectivity index (χ4n) is 4.61. The van der Waals surface area contributed by atoms with Crippen LogP contribution in [0, 0.1) is 5.41 Å². The average molecular weight is 439 g/mol. The number of pyridine rings is 1. The summed E-state index contributed by atoms with van der Waals surface area (Å²) in [4.78, 5) is 26.8. The van der Waals surface area contributed by atoms with Gasteiger partial charge in [0.1, 0.15) is 5.56 Å². The highest BCUT2D eigenvalue weighted by Gasteiger charge is 2.35. The van der Waals surface area contributed by atoms with E-state index < -0.39 is 11.4 Å². The van der Waals surface area contributed by atoms with Gasteiger partial charge in [0.25, 0.3) is 0 Å². The Hall–Kier alpha value is -2.64. The maximum atomic E-state index is 12.9. The van der Waals surface area contributed by atoms with Gasteiger partial charge in [-0.2, -0.15) is 0 Å². The van der Waals surface area contributed by atoms with E-state index in [0.717, 1.165) is 36.1 Å². The van der Waals surface area contributed by atoms with E-state index in [1.54, 1.807) is 24.5 Å². The molecule has 2 aliphatic carbocycles. The molecule has 5 rings (SSSR count). The van der Waals surface area contributed by atoms with E-state index in [9.17, 15) is 14.7 Å². The van der Waals surface area contributed by atoms with Crippen LogP contribution in [0.2, 0.25) is 0 Å². The number of benzene rings is 1. The zero-order valence-corrected chi connectivity index (χ0v) is 18.7. The zero-order valence-electron chi connectivity index (χ0n) is 17.9. The molecule has 31 heavy (non-hydrogen) atoms. The zero-order chi connectivity index (χ0) is 22.1. The first-order valence-electron chi connectivity index (χ1n) is 10.6. The van der Waals surface area contributed by atoms with E-state index in [1.165, 1.54) is 16.6 Å². The van der Waals surface area contributed by atoms with Gasteiger partial charge in [-0.05, 0) is 54.9 Å². The number of aromatic nitrogens is 1. The number of ether oxygens (including phenoxy) is 1. The van der Waals surface area contributed by atoms with Crippen molar-refractivity contribution in [3.8, 4) is 16.2 Å². The summed E-state index contributed by atoms with van der Waals surface area (Å²) in [6.45, 7) is 4.43. The third kappa shape index (κ3) is 3.10. The van der Waals surface area contributed by atoms with Crippen molar-refractivity contribution in [2.45, 2.75) is 51.6 Å². The van der Waals surface area contributed by atoms with Gasteiger partial charge in [-0.3, -0.25) is 4.79 Å². The van der Waals surface area contributed by atoms with Gasteiger partial charge < -0.3 is 20.1 Å². The number of carbonyl (C=O) groups is 1. The average Bonchev–Trinajstić information content (AvgIpc) is 3.48. The molecule has 1 saturated carbocycles. The van der Waals surface area contributed by atoms with Gasteiger partial charge >= 0.3 is 5.97 Å². The lowest BCUT2D eigenvalue weighted by molar-refractivity contribution is 0.0695. The van der Waals surface area contributed by atoms with Crippen LogP contribution in [0.25, 0.3) is 21.3 Å². The maximum Gasteiger partial charge on any atom is 0.341 e. The lowest BCUT2D eigenvalue weighted by Gasteiger charge is -2.35. The van der Waals surface area contributed by atoms with Crippen LogP contribution in [-0.4, -0.2) is 22.8 Å². The number of aromatic carboxylic acids is 1. The molecule has 0 saturated heterocycles. The van der Waals surface area contributed by atoms with Crippen LogP contribution in [0.3, 0.4) is 0 Å². The number of methoxy groups -OCH3 is 1. The number of nitrogens with zero attached hydrogens (tertiary/aromatic N) is 1. The van der Waals surface area contributed by atoms with Gasteiger partial charge in [0.05, 0.1) is 18.0 Å². The van der Waals surface area contributed by atoms with Gasteiger partial charge in [0.2, 0.25) is 5.43 Å². The molecule has 6 nitrogen and oxygen atoms in total. The second-order valence-corrected chi connectivity index (χ2v) is 10.4. The minimum Gasteiger partial charge on any atom is -0.494 e. The van der Waals surface area contributed by atoms with Crippen molar-refractivity contribution >= 4 is 28.2 Å². The molecule has 0 spiro atoms. The van der Waals surface area contributed by atoms with Crippen molar-refractivity contribution in [1.82, 2.24) is 4.57 Å². The number of rotatable bonds is 4. The highest BCUT2D eigenvalue weighted by Crippen LogP contribution is 2.49. The van der Waals surface area contributed by atoms with Crippen LogP contribution < -0.4 is 15.9 Å². The number of hydrogen-bond acceptors (Lipinski definition) is 5. The molecule has 0 aliphatic heterocycles. The number of thiophene rings is 1. The number of carboxylic acid groups (broad SMARTS) is 1. The lowest BCUT2D eigenvalue weighted by Crippen LogP contribution is -2.32. The smallest absolute Gasteiger partial charge is 0.341 e. The topological polar surface area (TPSA) is 94.6 Å². The third-order valence-corrected chi connectivity index (χ3v) is 8.09. The lowest BCUT2D eigenvalue weighted by atomic mass is 9.74. The molecule has 3 aromatic rings. The van der Waals surface area contributed by atoms with Crippen molar-refractivity contribution < 1.29 is 14.6 Å². The number of aryl methyl sites for hydroxylation is 1. The van der Waals surface area contributed by atoms with Gasteiger partial charge in [-0.25, -0.2) is 4.79 Å². The predicted octanol–water partition coefficient (Wildman–Crippen LogP) is 4.74. The van der Waals surface area contributed by atoms with Crippen molar-refractivity contribution in [2.75, 3.05) is 7.11 Å². The first-order valence-corrected chi connectivity index (χ1v) is 11.4. The highest BCUT2D eigenvalue weighted by atomic mass is 32.1. The molecule has 162 valence electrons. The maximum absolute atomic E-state index is 12.9. The Kier molecular flexibility index (Phi) is 4.53. The van der Waals surface area contributed by atoms with E-state index in [4.69, 9.17) is 10.5 Å². The summed E-state index contributed by atoms with van der Waals surface area (Å²) >= 11 is 1.69. The fourth-order valence-corrected chi connectivity index (χ4v) is 6.06. The summed E-state index contributed by atoms with van der Waals surface area (Å²) < 4.78 is 7.78. The van der Waals surface area contributed by atoms with Gasteiger partial charge in [0.15, 0.2) is 5.75 Å². The Morgan fingerprint density at radius 2 is 2.06 bits per heavy atom.